The molecule has 21 heavy (non-hydrogen) atoms. The van der Waals surface area contributed by atoms with E-state index in [-0.39, 0.29) is 12.3 Å². The first-order valence-corrected chi connectivity index (χ1v) is 8.83. The molecule has 4 nitrogen and oxygen atoms in total. The van der Waals surface area contributed by atoms with E-state index in [4.69, 9.17) is 0 Å². The van der Waals surface area contributed by atoms with Crippen molar-refractivity contribution in [2.75, 3.05) is 6.54 Å². The van der Waals surface area contributed by atoms with Gasteiger partial charge in [0, 0.05) is 17.8 Å². The van der Waals surface area contributed by atoms with Gasteiger partial charge in [-0.15, -0.1) is 11.3 Å². The first kappa shape index (κ1) is 16.5. The molecule has 0 aromatic carbocycles. The Bertz CT molecular complexity index is 523. The lowest BCUT2D eigenvalue weighted by Gasteiger charge is -2.27. The minimum absolute atomic E-state index is 0.0497. The maximum atomic E-state index is 12.5. The second-order valence-electron chi connectivity index (χ2n) is 5.58. The molecule has 1 aliphatic rings. The molecule has 1 amide bonds. The highest BCUT2D eigenvalue weighted by molar-refractivity contribution is 9.11. The zero-order valence-corrected chi connectivity index (χ0v) is 14.5. The number of hydrogen-bond donors (Lipinski definition) is 1. The second kappa shape index (κ2) is 6.92. The summed E-state index contributed by atoms with van der Waals surface area (Å²) in [7, 11) is 0. The van der Waals surface area contributed by atoms with Gasteiger partial charge in [0.05, 0.1) is 15.7 Å². The Morgan fingerprint density at radius 1 is 1.38 bits per heavy atom. The van der Waals surface area contributed by atoms with Gasteiger partial charge in [-0.05, 0) is 47.8 Å². The van der Waals surface area contributed by atoms with Crippen molar-refractivity contribution in [1.29, 1.82) is 0 Å². The predicted molar refractivity (Wildman–Crippen MR) is 86.3 cm³/mol. The van der Waals surface area contributed by atoms with Crippen LogP contribution < -0.4 is 0 Å². The normalized spacial score (nSPS) is 16.9. The SMILES string of the molecule is CCN(Cc1ccc(Br)s1)C(=O)CC1(C(=O)O)CCCC1. The van der Waals surface area contributed by atoms with Crippen molar-refractivity contribution in [2.45, 2.75) is 45.6 Å². The van der Waals surface area contributed by atoms with E-state index in [9.17, 15) is 14.7 Å². The zero-order chi connectivity index (χ0) is 15.5. The fraction of sp³-hybridized carbons (Fsp3) is 0.600. The van der Waals surface area contributed by atoms with E-state index in [0.29, 0.717) is 25.9 Å². The van der Waals surface area contributed by atoms with Gasteiger partial charge in [-0.25, -0.2) is 0 Å². The lowest BCUT2D eigenvalue weighted by atomic mass is 9.82. The van der Waals surface area contributed by atoms with Crippen LogP contribution in [-0.4, -0.2) is 28.4 Å². The molecule has 1 aliphatic carbocycles. The van der Waals surface area contributed by atoms with Gasteiger partial charge >= 0.3 is 5.97 Å². The number of hydrogen-bond acceptors (Lipinski definition) is 3. The molecule has 6 heteroatoms. The number of aliphatic carboxylic acids is 1. The molecule has 116 valence electrons. The molecular weight excluding hydrogens is 354 g/mol. The number of halogens is 1. The minimum atomic E-state index is -0.833. The first-order valence-electron chi connectivity index (χ1n) is 7.22. The molecule has 0 spiro atoms. The van der Waals surface area contributed by atoms with Crippen LogP contribution >= 0.6 is 27.3 Å². The summed E-state index contributed by atoms with van der Waals surface area (Å²) in [6.45, 7) is 3.09. The van der Waals surface area contributed by atoms with E-state index in [2.05, 4.69) is 15.9 Å². The van der Waals surface area contributed by atoms with Gasteiger partial charge in [0.25, 0.3) is 0 Å². The average Bonchev–Trinajstić information content (AvgIpc) is 3.06. The molecule has 1 heterocycles. The van der Waals surface area contributed by atoms with E-state index in [1.165, 1.54) is 0 Å². The molecule has 1 N–H and O–H groups in total. The van der Waals surface area contributed by atoms with Gasteiger partial charge in [0.1, 0.15) is 0 Å². The lowest BCUT2D eigenvalue weighted by molar-refractivity contribution is -0.153. The summed E-state index contributed by atoms with van der Waals surface area (Å²) >= 11 is 5.02. The number of carbonyl (C=O) groups excluding carboxylic acids is 1. The van der Waals surface area contributed by atoms with Crippen molar-refractivity contribution in [1.82, 2.24) is 4.90 Å². The number of thiophene rings is 1. The third kappa shape index (κ3) is 3.86. The van der Waals surface area contributed by atoms with Gasteiger partial charge in [-0.2, -0.15) is 0 Å². The number of carbonyl (C=O) groups is 2. The van der Waals surface area contributed by atoms with Crippen molar-refractivity contribution in [3.63, 3.8) is 0 Å². The predicted octanol–water partition coefficient (Wildman–Crippen LogP) is 3.89. The minimum Gasteiger partial charge on any atom is -0.481 e. The van der Waals surface area contributed by atoms with Crippen LogP contribution in [0.4, 0.5) is 0 Å². The molecule has 0 aliphatic heterocycles. The van der Waals surface area contributed by atoms with Gasteiger partial charge < -0.3 is 10.0 Å². The van der Waals surface area contributed by atoms with Crippen molar-refractivity contribution >= 4 is 39.1 Å². The van der Waals surface area contributed by atoms with Gasteiger partial charge in [0.2, 0.25) is 5.91 Å². The summed E-state index contributed by atoms with van der Waals surface area (Å²) in [5.41, 5.74) is -0.833. The van der Waals surface area contributed by atoms with Crippen LogP contribution in [0, 0.1) is 5.41 Å². The summed E-state index contributed by atoms with van der Waals surface area (Å²) in [5, 5.41) is 9.49. The third-order valence-corrected chi connectivity index (χ3v) is 5.82. The quantitative estimate of drug-likeness (QED) is 0.822. The topological polar surface area (TPSA) is 57.6 Å². The fourth-order valence-corrected chi connectivity index (χ4v) is 4.42. The largest absolute Gasteiger partial charge is 0.481 e. The third-order valence-electron chi connectivity index (χ3n) is 4.21. The number of amides is 1. The Kier molecular flexibility index (Phi) is 5.43. The Balaban J connectivity index is 2.04. The van der Waals surface area contributed by atoms with E-state index >= 15 is 0 Å². The molecule has 0 atom stereocenters. The highest BCUT2D eigenvalue weighted by Gasteiger charge is 2.43. The van der Waals surface area contributed by atoms with Crippen molar-refractivity contribution in [3.8, 4) is 0 Å². The molecule has 1 aromatic heterocycles. The van der Waals surface area contributed by atoms with Crippen LogP contribution in [0.2, 0.25) is 0 Å². The monoisotopic (exact) mass is 373 g/mol. The van der Waals surface area contributed by atoms with Crippen LogP contribution in [0.3, 0.4) is 0 Å². The van der Waals surface area contributed by atoms with Crippen molar-refractivity contribution in [3.05, 3.63) is 20.8 Å². The molecule has 1 saturated carbocycles. The molecule has 1 aromatic rings. The van der Waals surface area contributed by atoms with Gasteiger partial charge in [-0.1, -0.05) is 12.8 Å². The molecule has 0 bridgehead atoms. The Labute approximate surface area is 137 Å². The maximum Gasteiger partial charge on any atom is 0.310 e. The van der Waals surface area contributed by atoms with Crippen LogP contribution in [0.1, 0.15) is 43.9 Å². The van der Waals surface area contributed by atoms with Crippen molar-refractivity contribution in [2.24, 2.45) is 5.41 Å². The summed E-state index contributed by atoms with van der Waals surface area (Å²) < 4.78 is 1.04. The van der Waals surface area contributed by atoms with E-state index in [0.717, 1.165) is 21.5 Å². The summed E-state index contributed by atoms with van der Waals surface area (Å²) in [4.78, 5) is 26.9. The van der Waals surface area contributed by atoms with Crippen LogP contribution in [0.15, 0.2) is 15.9 Å². The smallest absolute Gasteiger partial charge is 0.310 e. The van der Waals surface area contributed by atoms with E-state index in [1.54, 1.807) is 16.2 Å². The van der Waals surface area contributed by atoms with Crippen LogP contribution in [0.25, 0.3) is 0 Å². The van der Waals surface area contributed by atoms with Crippen LogP contribution in [0.5, 0.6) is 0 Å². The fourth-order valence-electron chi connectivity index (χ4n) is 2.92. The number of carboxylic acids is 1. The molecule has 1 fully saturated rings. The van der Waals surface area contributed by atoms with E-state index < -0.39 is 11.4 Å². The molecule has 0 radical (unpaired) electrons. The van der Waals surface area contributed by atoms with Crippen LogP contribution in [-0.2, 0) is 16.1 Å². The maximum absolute atomic E-state index is 12.5. The highest BCUT2D eigenvalue weighted by atomic mass is 79.9. The molecule has 0 unspecified atom stereocenters. The zero-order valence-electron chi connectivity index (χ0n) is 12.1. The summed E-state index contributed by atoms with van der Waals surface area (Å²) in [6.07, 6.45) is 3.18. The van der Waals surface area contributed by atoms with Gasteiger partial charge in [-0.3, -0.25) is 9.59 Å². The summed E-state index contributed by atoms with van der Waals surface area (Å²) in [6, 6.07) is 3.96. The standard InChI is InChI=1S/C15H20BrNO3S/c1-2-17(10-11-5-6-12(16)21-11)13(18)9-15(14(19)20)7-3-4-8-15/h5-6H,2-4,7-10H2,1H3,(H,19,20). The number of carboxylic acid groups (broad SMARTS) is 1. The molecule has 2 rings (SSSR count). The second-order valence-corrected chi connectivity index (χ2v) is 8.13. The van der Waals surface area contributed by atoms with Gasteiger partial charge in [0.15, 0.2) is 0 Å². The number of rotatable bonds is 6. The molecular formula is C15H20BrNO3S. The average molecular weight is 374 g/mol. The molecule has 0 saturated heterocycles. The van der Waals surface area contributed by atoms with Crippen molar-refractivity contribution < 1.29 is 14.7 Å². The summed E-state index contributed by atoms with van der Waals surface area (Å²) in [5.74, 6) is -0.866. The first-order chi connectivity index (χ1) is 9.97. The Morgan fingerprint density at radius 2 is 2.05 bits per heavy atom. The van der Waals surface area contributed by atoms with E-state index in [1.807, 2.05) is 19.1 Å². The lowest BCUT2D eigenvalue weighted by Crippen LogP contribution is -2.38. The Hall–Kier alpha value is -0.880. The highest BCUT2D eigenvalue weighted by Crippen LogP contribution is 2.42. The number of nitrogens with zero attached hydrogens (tertiary/aromatic N) is 1. The Morgan fingerprint density at radius 3 is 2.52 bits per heavy atom.